The zero-order valence-corrected chi connectivity index (χ0v) is 9.89. The van der Waals surface area contributed by atoms with Crippen LogP contribution in [0.2, 0.25) is 5.02 Å². The highest BCUT2D eigenvalue weighted by atomic mass is 35.5. The molecule has 0 saturated heterocycles. The topological polar surface area (TPSA) is 85.4 Å². The molecule has 0 spiro atoms. The molecule has 0 saturated carbocycles. The van der Waals surface area contributed by atoms with E-state index in [1.807, 2.05) is 0 Å². The number of halogens is 1. The minimum absolute atomic E-state index is 0.101. The van der Waals surface area contributed by atoms with Crippen LogP contribution in [-0.4, -0.2) is 16.1 Å². The number of aromatic carboxylic acids is 1. The van der Waals surface area contributed by atoms with Crippen molar-refractivity contribution in [1.82, 2.24) is 4.98 Å². The summed E-state index contributed by atoms with van der Waals surface area (Å²) < 4.78 is 5.46. The van der Waals surface area contributed by atoms with E-state index in [0.717, 1.165) is 0 Å². The molecule has 0 aliphatic heterocycles. The molecule has 18 heavy (non-hydrogen) atoms. The number of rotatable bonds is 3. The van der Waals surface area contributed by atoms with E-state index in [9.17, 15) is 4.79 Å². The molecule has 0 bridgehead atoms. The van der Waals surface area contributed by atoms with Crippen LogP contribution in [-0.2, 0) is 0 Å². The number of carboxylic acid groups (broad SMARTS) is 1. The Morgan fingerprint density at radius 3 is 2.72 bits per heavy atom. The third-order valence-electron chi connectivity index (χ3n) is 2.16. The van der Waals surface area contributed by atoms with Crippen LogP contribution in [0.15, 0.2) is 36.7 Å². The highest BCUT2D eigenvalue weighted by Gasteiger charge is 2.08. The number of pyridine rings is 1. The summed E-state index contributed by atoms with van der Waals surface area (Å²) in [6.45, 7) is 0. The van der Waals surface area contributed by atoms with Gasteiger partial charge in [0.15, 0.2) is 0 Å². The van der Waals surface area contributed by atoms with E-state index in [-0.39, 0.29) is 11.3 Å². The third kappa shape index (κ3) is 2.70. The molecule has 0 aliphatic carbocycles. The lowest BCUT2D eigenvalue weighted by Gasteiger charge is -2.08. The molecule has 1 aromatic heterocycles. The lowest BCUT2D eigenvalue weighted by Crippen LogP contribution is -1.99. The largest absolute Gasteiger partial charge is 0.478 e. The summed E-state index contributed by atoms with van der Waals surface area (Å²) in [5.74, 6) is -0.265. The van der Waals surface area contributed by atoms with Gasteiger partial charge in [0.25, 0.3) is 0 Å². The predicted molar refractivity (Wildman–Crippen MR) is 67.1 cm³/mol. The number of nitrogens with zero attached hydrogens (tertiary/aromatic N) is 1. The first-order valence-electron chi connectivity index (χ1n) is 4.97. The van der Waals surface area contributed by atoms with Gasteiger partial charge in [-0.3, -0.25) is 4.98 Å². The van der Waals surface area contributed by atoms with E-state index < -0.39 is 5.97 Å². The number of ether oxygens (including phenoxy) is 1. The maximum absolute atomic E-state index is 10.7. The molecule has 2 aromatic rings. The molecular weight excluding hydrogens is 256 g/mol. The molecule has 6 heteroatoms. The highest BCUT2D eigenvalue weighted by Crippen LogP contribution is 2.28. The van der Waals surface area contributed by atoms with Gasteiger partial charge in [-0.1, -0.05) is 11.6 Å². The molecule has 0 amide bonds. The van der Waals surface area contributed by atoms with Gasteiger partial charge in [-0.2, -0.15) is 0 Å². The standard InChI is InChI=1S/C12H9ClN2O3/c13-8-4-9(6-15-5-8)18-11-2-1-7(12(16)17)3-10(11)14/h1-6H,14H2,(H,16,17). The summed E-state index contributed by atoms with van der Waals surface area (Å²) >= 11 is 5.77. The lowest BCUT2D eigenvalue weighted by atomic mass is 10.2. The second kappa shape index (κ2) is 4.93. The Morgan fingerprint density at radius 2 is 2.11 bits per heavy atom. The second-order valence-corrected chi connectivity index (χ2v) is 3.94. The van der Waals surface area contributed by atoms with Crippen LogP contribution in [0.5, 0.6) is 11.5 Å². The molecule has 0 aliphatic rings. The Morgan fingerprint density at radius 1 is 1.33 bits per heavy atom. The Hall–Kier alpha value is -2.27. The van der Waals surface area contributed by atoms with E-state index in [1.54, 1.807) is 6.07 Å². The summed E-state index contributed by atoms with van der Waals surface area (Å²) in [7, 11) is 0. The third-order valence-corrected chi connectivity index (χ3v) is 2.37. The van der Waals surface area contributed by atoms with Crippen molar-refractivity contribution in [3.63, 3.8) is 0 Å². The van der Waals surface area contributed by atoms with Crippen molar-refractivity contribution in [3.8, 4) is 11.5 Å². The zero-order valence-electron chi connectivity index (χ0n) is 9.13. The number of anilines is 1. The summed E-state index contributed by atoms with van der Waals surface area (Å²) in [5.41, 5.74) is 6.04. The summed E-state index contributed by atoms with van der Waals surface area (Å²) in [6, 6.07) is 5.81. The fourth-order valence-corrected chi connectivity index (χ4v) is 1.51. The van der Waals surface area contributed by atoms with E-state index in [1.165, 1.54) is 30.6 Å². The van der Waals surface area contributed by atoms with E-state index in [0.29, 0.717) is 16.5 Å². The Balaban J connectivity index is 2.27. The van der Waals surface area contributed by atoms with Crippen molar-refractivity contribution in [2.45, 2.75) is 0 Å². The SMILES string of the molecule is Nc1cc(C(=O)O)ccc1Oc1cncc(Cl)c1. The molecule has 0 atom stereocenters. The molecule has 1 heterocycles. The van der Waals surface area contributed by atoms with Crippen LogP contribution < -0.4 is 10.5 Å². The second-order valence-electron chi connectivity index (χ2n) is 3.50. The Kier molecular flexibility index (Phi) is 3.34. The van der Waals surface area contributed by atoms with Gasteiger partial charge in [0.1, 0.15) is 11.5 Å². The van der Waals surface area contributed by atoms with Crippen molar-refractivity contribution >= 4 is 23.3 Å². The Labute approximate surface area is 108 Å². The van der Waals surface area contributed by atoms with Crippen LogP contribution in [0, 0.1) is 0 Å². The number of benzene rings is 1. The number of nitrogen functional groups attached to an aromatic ring is 1. The lowest BCUT2D eigenvalue weighted by molar-refractivity contribution is 0.0697. The van der Waals surface area contributed by atoms with Crippen LogP contribution in [0.4, 0.5) is 5.69 Å². The fourth-order valence-electron chi connectivity index (χ4n) is 1.35. The smallest absolute Gasteiger partial charge is 0.335 e. The number of hydrogen-bond donors (Lipinski definition) is 2. The maximum Gasteiger partial charge on any atom is 0.335 e. The molecule has 0 radical (unpaired) electrons. The van der Waals surface area contributed by atoms with Crippen LogP contribution in [0.1, 0.15) is 10.4 Å². The molecule has 1 aromatic carbocycles. The first kappa shape index (κ1) is 12.2. The van der Waals surface area contributed by atoms with Crippen molar-refractivity contribution in [2.24, 2.45) is 0 Å². The van der Waals surface area contributed by atoms with Crippen LogP contribution >= 0.6 is 11.6 Å². The number of hydrogen-bond acceptors (Lipinski definition) is 4. The molecule has 0 unspecified atom stereocenters. The predicted octanol–water partition coefficient (Wildman–Crippen LogP) is 2.81. The molecule has 3 N–H and O–H groups in total. The first-order valence-corrected chi connectivity index (χ1v) is 5.35. The van der Waals surface area contributed by atoms with Gasteiger partial charge >= 0.3 is 5.97 Å². The van der Waals surface area contributed by atoms with Gasteiger partial charge in [-0.15, -0.1) is 0 Å². The van der Waals surface area contributed by atoms with Crippen molar-refractivity contribution in [2.75, 3.05) is 5.73 Å². The summed E-state index contributed by atoms with van der Waals surface area (Å²) in [5, 5.41) is 9.24. The maximum atomic E-state index is 10.7. The molecule has 5 nitrogen and oxygen atoms in total. The number of aromatic nitrogens is 1. The quantitative estimate of drug-likeness (QED) is 0.833. The molecule has 0 fully saturated rings. The van der Waals surface area contributed by atoms with E-state index >= 15 is 0 Å². The van der Waals surface area contributed by atoms with Crippen molar-refractivity contribution in [3.05, 3.63) is 47.2 Å². The summed E-state index contributed by atoms with van der Waals surface area (Å²) in [6.07, 6.45) is 2.96. The monoisotopic (exact) mass is 264 g/mol. The van der Waals surface area contributed by atoms with Gasteiger partial charge in [0.05, 0.1) is 22.5 Å². The molecule has 2 rings (SSSR count). The minimum Gasteiger partial charge on any atom is -0.478 e. The molecular formula is C12H9ClN2O3. The van der Waals surface area contributed by atoms with Gasteiger partial charge in [-0.05, 0) is 18.2 Å². The Bertz CT molecular complexity index is 602. The minimum atomic E-state index is -1.04. The zero-order chi connectivity index (χ0) is 13.1. The molecule has 92 valence electrons. The first-order chi connectivity index (χ1) is 8.56. The average molecular weight is 265 g/mol. The van der Waals surface area contributed by atoms with E-state index in [4.69, 9.17) is 27.2 Å². The van der Waals surface area contributed by atoms with Crippen molar-refractivity contribution < 1.29 is 14.6 Å². The number of carboxylic acids is 1. The van der Waals surface area contributed by atoms with Gasteiger partial charge in [0.2, 0.25) is 0 Å². The average Bonchev–Trinajstić information content (AvgIpc) is 2.31. The van der Waals surface area contributed by atoms with E-state index in [2.05, 4.69) is 4.98 Å². The highest BCUT2D eigenvalue weighted by molar-refractivity contribution is 6.30. The van der Waals surface area contributed by atoms with Crippen LogP contribution in [0.3, 0.4) is 0 Å². The fraction of sp³-hybridized carbons (Fsp3) is 0. The number of nitrogens with two attached hydrogens (primary N) is 1. The van der Waals surface area contributed by atoms with Gasteiger partial charge in [-0.25, -0.2) is 4.79 Å². The number of carbonyl (C=O) groups is 1. The normalized spacial score (nSPS) is 10.1. The van der Waals surface area contributed by atoms with Gasteiger partial charge < -0.3 is 15.6 Å². The van der Waals surface area contributed by atoms with Crippen LogP contribution in [0.25, 0.3) is 0 Å². The summed E-state index contributed by atoms with van der Waals surface area (Å²) in [4.78, 5) is 14.6. The van der Waals surface area contributed by atoms with Crippen molar-refractivity contribution in [1.29, 1.82) is 0 Å². The van der Waals surface area contributed by atoms with Gasteiger partial charge in [0, 0.05) is 12.3 Å².